The molecule has 138 valence electrons. The van der Waals surface area contributed by atoms with E-state index in [0.29, 0.717) is 32.1 Å². The molecule has 0 radical (unpaired) electrons. The van der Waals surface area contributed by atoms with Crippen LogP contribution in [0.5, 0.6) is 0 Å². The minimum atomic E-state index is -0.417. The number of non-ortho nitro benzene ring substituents is 1. The van der Waals surface area contributed by atoms with Gasteiger partial charge < -0.3 is 16.0 Å². The van der Waals surface area contributed by atoms with E-state index >= 15 is 0 Å². The van der Waals surface area contributed by atoms with Gasteiger partial charge >= 0.3 is 0 Å². The highest BCUT2D eigenvalue weighted by atomic mass is 127. The van der Waals surface area contributed by atoms with Crippen molar-refractivity contribution >= 4 is 41.5 Å². The van der Waals surface area contributed by atoms with E-state index in [9.17, 15) is 14.9 Å². The number of hydrogen-bond acceptors (Lipinski definition) is 4. The minimum absolute atomic E-state index is 0. The zero-order chi connectivity index (χ0) is 17.4. The molecule has 0 aliphatic heterocycles. The number of amides is 1. The largest absolute Gasteiger partial charge is 0.357 e. The predicted molar refractivity (Wildman–Crippen MR) is 107 cm³/mol. The van der Waals surface area contributed by atoms with Gasteiger partial charge in [-0.15, -0.1) is 24.0 Å². The highest BCUT2D eigenvalue weighted by Gasteiger charge is 2.28. The first-order valence-corrected chi connectivity index (χ1v) is 8.13. The van der Waals surface area contributed by atoms with Crippen LogP contribution in [0.25, 0.3) is 0 Å². The molecule has 1 aliphatic rings. The lowest BCUT2D eigenvalue weighted by molar-refractivity contribution is -0.384. The van der Waals surface area contributed by atoms with E-state index in [2.05, 4.69) is 20.9 Å². The van der Waals surface area contributed by atoms with Crippen molar-refractivity contribution in [3.05, 3.63) is 39.9 Å². The van der Waals surface area contributed by atoms with Crippen LogP contribution in [0.2, 0.25) is 0 Å². The average molecular weight is 461 g/mol. The number of rotatable bonds is 8. The van der Waals surface area contributed by atoms with Gasteiger partial charge in [0.2, 0.25) is 5.91 Å². The number of carbonyl (C=O) groups is 1. The molecule has 1 amide bonds. The molecular weight excluding hydrogens is 437 g/mol. The van der Waals surface area contributed by atoms with E-state index in [4.69, 9.17) is 0 Å². The monoisotopic (exact) mass is 461 g/mol. The topological polar surface area (TPSA) is 109 Å². The second-order valence-electron chi connectivity index (χ2n) is 5.61. The zero-order valence-corrected chi connectivity index (χ0v) is 16.5. The lowest BCUT2D eigenvalue weighted by atomic mass is 10.2. The fourth-order valence-electron chi connectivity index (χ4n) is 2.14. The quantitative estimate of drug-likeness (QED) is 0.137. The number of aliphatic imine (C=N–C) groups is 1. The number of nitrogens with one attached hydrogen (secondary N) is 3. The summed E-state index contributed by atoms with van der Waals surface area (Å²) in [7, 11) is 0. The summed E-state index contributed by atoms with van der Waals surface area (Å²) in [6, 6.07) is 6.43. The molecule has 1 fully saturated rings. The fraction of sp³-hybridized carbons (Fsp3) is 0.500. The maximum absolute atomic E-state index is 11.5. The van der Waals surface area contributed by atoms with Crippen LogP contribution in [0.15, 0.2) is 29.3 Å². The van der Waals surface area contributed by atoms with Gasteiger partial charge in [-0.3, -0.25) is 14.9 Å². The molecule has 1 aromatic rings. The second-order valence-corrected chi connectivity index (χ2v) is 5.61. The fourth-order valence-corrected chi connectivity index (χ4v) is 2.14. The minimum Gasteiger partial charge on any atom is -0.357 e. The van der Waals surface area contributed by atoms with Gasteiger partial charge in [-0.25, -0.2) is 4.99 Å². The summed E-state index contributed by atoms with van der Waals surface area (Å²) in [5.74, 6) is 0.945. The van der Waals surface area contributed by atoms with E-state index in [1.54, 1.807) is 12.1 Å². The van der Waals surface area contributed by atoms with Crippen molar-refractivity contribution in [1.82, 2.24) is 16.0 Å². The number of hydrogen-bond donors (Lipinski definition) is 3. The molecule has 9 heteroatoms. The summed E-state index contributed by atoms with van der Waals surface area (Å²) >= 11 is 0. The van der Waals surface area contributed by atoms with Gasteiger partial charge in [-0.05, 0) is 25.3 Å². The molecule has 0 bridgehead atoms. The Labute approximate surface area is 164 Å². The van der Waals surface area contributed by atoms with Crippen LogP contribution < -0.4 is 16.0 Å². The van der Waals surface area contributed by atoms with Gasteiger partial charge in [-0.2, -0.15) is 0 Å². The summed E-state index contributed by atoms with van der Waals surface area (Å²) in [4.78, 5) is 26.3. The van der Waals surface area contributed by atoms with Gasteiger partial charge in [0.05, 0.1) is 11.5 Å². The van der Waals surface area contributed by atoms with Gasteiger partial charge in [0.15, 0.2) is 5.96 Å². The number of guanidine groups is 1. The van der Waals surface area contributed by atoms with Crippen molar-refractivity contribution < 1.29 is 9.72 Å². The third-order valence-electron chi connectivity index (χ3n) is 3.55. The third kappa shape index (κ3) is 7.67. The Hall–Kier alpha value is -1.91. The maximum atomic E-state index is 11.5. The van der Waals surface area contributed by atoms with Crippen LogP contribution in [0.1, 0.15) is 25.3 Å². The van der Waals surface area contributed by atoms with Crippen LogP contribution in [0.3, 0.4) is 0 Å². The molecule has 25 heavy (non-hydrogen) atoms. The highest BCUT2D eigenvalue weighted by molar-refractivity contribution is 14.0. The van der Waals surface area contributed by atoms with E-state index in [1.165, 1.54) is 12.1 Å². The van der Waals surface area contributed by atoms with Crippen molar-refractivity contribution in [3.8, 4) is 0 Å². The Morgan fingerprint density at radius 1 is 1.28 bits per heavy atom. The van der Waals surface area contributed by atoms with E-state index in [0.717, 1.165) is 18.4 Å². The van der Waals surface area contributed by atoms with E-state index < -0.39 is 4.92 Å². The number of benzene rings is 1. The molecule has 0 spiro atoms. The van der Waals surface area contributed by atoms with Crippen molar-refractivity contribution in [2.75, 3.05) is 19.6 Å². The molecule has 2 rings (SSSR count). The molecule has 0 saturated heterocycles. The summed E-state index contributed by atoms with van der Waals surface area (Å²) in [6.45, 7) is 4.11. The lowest BCUT2D eigenvalue weighted by Crippen LogP contribution is -2.41. The number of carbonyl (C=O) groups excluding carboxylic acids is 1. The molecule has 0 unspecified atom stereocenters. The summed E-state index contributed by atoms with van der Waals surface area (Å²) in [6.07, 6.45) is 1.99. The smallest absolute Gasteiger partial charge is 0.269 e. The second kappa shape index (κ2) is 10.9. The maximum Gasteiger partial charge on any atom is 0.269 e. The van der Waals surface area contributed by atoms with E-state index in [-0.39, 0.29) is 41.5 Å². The first kappa shape index (κ1) is 21.1. The molecule has 0 atom stereocenters. The van der Waals surface area contributed by atoms with Crippen molar-refractivity contribution in [1.29, 1.82) is 0 Å². The van der Waals surface area contributed by atoms with Crippen LogP contribution in [-0.4, -0.2) is 36.4 Å². The first-order valence-electron chi connectivity index (χ1n) is 8.13. The summed E-state index contributed by atoms with van der Waals surface area (Å²) in [5.41, 5.74) is 0.826. The normalized spacial score (nSPS) is 13.6. The van der Waals surface area contributed by atoms with Crippen molar-refractivity contribution in [2.45, 2.75) is 26.3 Å². The Kier molecular flexibility index (Phi) is 9.17. The molecule has 8 nitrogen and oxygen atoms in total. The standard InChI is InChI=1S/C16H23N5O3.HI/c1-2-17-16(19-9-8-18-15(22)13-6-7-13)20-11-12-4-3-5-14(10-12)21(23)24;/h3-5,10,13H,2,6-9,11H2,1H3,(H,18,22)(H2,17,19,20);1H. The SMILES string of the molecule is CCNC(=NCc1cccc([N+](=O)[O-])c1)NCCNC(=O)C1CC1.I. The number of nitro benzene ring substituents is 1. The van der Waals surface area contributed by atoms with Crippen LogP contribution in [0.4, 0.5) is 5.69 Å². The Balaban J connectivity index is 0.00000312. The molecule has 1 aromatic carbocycles. The van der Waals surface area contributed by atoms with Gasteiger partial charge in [-0.1, -0.05) is 12.1 Å². The Morgan fingerprint density at radius 2 is 2.00 bits per heavy atom. The third-order valence-corrected chi connectivity index (χ3v) is 3.55. The van der Waals surface area contributed by atoms with Gasteiger partial charge in [0.25, 0.3) is 5.69 Å². The molecule has 3 N–H and O–H groups in total. The first-order chi connectivity index (χ1) is 11.6. The molecule has 0 aromatic heterocycles. The van der Waals surface area contributed by atoms with Crippen LogP contribution in [0, 0.1) is 16.0 Å². The van der Waals surface area contributed by atoms with E-state index in [1.807, 2.05) is 6.92 Å². The number of nitrogens with zero attached hydrogens (tertiary/aromatic N) is 2. The van der Waals surface area contributed by atoms with Crippen molar-refractivity contribution in [2.24, 2.45) is 10.9 Å². The summed E-state index contributed by atoms with van der Waals surface area (Å²) in [5, 5.41) is 19.9. The average Bonchev–Trinajstić information content (AvgIpc) is 3.41. The van der Waals surface area contributed by atoms with Crippen molar-refractivity contribution in [3.63, 3.8) is 0 Å². The molecule has 0 heterocycles. The van der Waals surface area contributed by atoms with Gasteiger partial charge in [0, 0.05) is 37.7 Å². The predicted octanol–water partition coefficient (Wildman–Crippen LogP) is 1.79. The molecule has 1 saturated carbocycles. The lowest BCUT2D eigenvalue weighted by Gasteiger charge is -2.11. The number of nitro groups is 1. The van der Waals surface area contributed by atoms with Crippen LogP contribution in [-0.2, 0) is 11.3 Å². The Bertz CT molecular complexity index is 620. The Morgan fingerprint density at radius 3 is 2.64 bits per heavy atom. The highest BCUT2D eigenvalue weighted by Crippen LogP contribution is 2.28. The molecular formula is C16H24IN5O3. The number of halogens is 1. The van der Waals surface area contributed by atoms with Crippen LogP contribution >= 0.6 is 24.0 Å². The van der Waals surface area contributed by atoms with Gasteiger partial charge in [0.1, 0.15) is 0 Å². The zero-order valence-electron chi connectivity index (χ0n) is 14.2. The summed E-state index contributed by atoms with van der Waals surface area (Å²) < 4.78 is 0. The molecule has 1 aliphatic carbocycles.